The molecule has 0 aliphatic carbocycles. The van der Waals surface area contributed by atoms with Crippen molar-refractivity contribution in [1.82, 2.24) is 9.97 Å². The molecule has 21 heavy (non-hydrogen) atoms. The predicted octanol–water partition coefficient (Wildman–Crippen LogP) is 2.25. The third-order valence-electron chi connectivity index (χ3n) is 2.31. The number of nitrogens with one attached hydrogen (secondary N) is 1. The normalized spacial score (nSPS) is 10.1. The molecule has 1 heterocycles. The maximum atomic E-state index is 13.0. The molecule has 0 spiro atoms. The number of benzene rings is 1. The Bertz CT molecular complexity index is 669. The number of rotatable bonds is 5. The van der Waals surface area contributed by atoms with Crippen molar-refractivity contribution >= 4 is 29.0 Å². The monoisotopic (exact) mass is 308 g/mol. The standard InChI is InChI=1S/C12H9FN4O3S/c13-8-2-3-9(10(6-8)17(19)20)16-11(18)7-21-12-14-4-1-5-15-12/h1-6H,7H2,(H,16,18). The van der Waals surface area contributed by atoms with Gasteiger partial charge in [0, 0.05) is 12.4 Å². The zero-order valence-corrected chi connectivity index (χ0v) is 11.3. The predicted molar refractivity (Wildman–Crippen MR) is 74.4 cm³/mol. The summed E-state index contributed by atoms with van der Waals surface area (Å²) < 4.78 is 13.0. The summed E-state index contributed by atoms with van der Waals surface area (Å²) in [5, 5.41) is 13.6. The summed E-state index contributed by atoms with van der Waals surface area (Å²) in [4.78, 5) is 29.6. The van der Waals surface area contributed by atoms with Crippen molar-refractivity contribution in [2.75, 3.05) is 11.1 Å². The number of nitro benzene ring substituents is 1. The first-order chi connectivity index (χ1) is 10.1. The fourth-order valence-electron chi connectivity index (χ4n) is 1.44. The Morgan fingerprint density at radius 3 is 2.76 bits per heavy atom. The number of halogens is 1. The maximum absolute atomic E-state index is 13.0. The molecule has 1 amide bonds. The average Bonchev–Trinajstić information content (AvgIpc) is 2.48. The Kier molecular flexibility index (Phi) is 4.77. The van der Waals surface area contributed by atoms with Gasteiger partial charge in [-0.1, -0.05) is 11.8 Å². The molecule has 0 fully saturated rings. The second kappa shape index (κ2) is 6.75. The quantitative estimate of drug-likeness (QED) is 0.394. The lowest BCUT2D eigenvalue weighted by Crippen LogP contribution is -2.15. The van der Waals surface area contributed by atoms with Gasteiger partial charge in [-0.25, -0.2) is 14.4 Å². The average molecular weight is 308 g/mol. The Labute approximate surface area is 122 Å². The number of hydrogen-bond acceptors (Lipinski definition) is 6. The number of carbonyl (C=O) groups is 1. The van der Waals surface area contributed by atoms with Crippen molar-refractivity contribution in [3.63, 3.8) is 0 Å². The molecule has 0 atom stereocenters. The molecule has 2 rings (SSSR count). The highest BCUT2D eigenvalue weighted by Crippen LogP contribution is 2.25. The summed E-state index contributed by atoms with van der Waals surface area (Å²) in [5.41, 5.74) is -0.551. The molecule has 7 nitrogen and oxygen atoms in total. The van der Waals surface area contributed by atoms with E-state index in [0.29, 0.717) is 5.16 Å². The van der Waals surface area contributed by atoms with Gasteiger partial charge < -0.3 is 5.32 Å². The lowest BCUT2D eigenvalue weighted by molar-refractivity contribution is -0.384. The fraction of sp³-hybridized carbons (Fsp3) is 0.0833. The Morgan fingerprint density at radius 2 is 2.10 bits per heavy atom. The smallest absolute Gasteiger partial charge is 0.295 e. The minimum Gasteiger partial charge on any atom is -0.320 e. The van der Waals surface area contributed by atoms with Gasteiger partial charge in [0.2, 0.25) is 5.91 Å². The summed E-state index contributed by atoms with van der Waals surface area (Å²) in [6.45, 7) is 0. The van der Waals surface area contributed by atoms with Gasteiger partial charge >= 0.3 is 0 Å². The van der Waals surface area contributed by atoms with Gasteiger partial charge in [0.25, 0.3) is 5.69 Å². The third kappa shape index (κ3) is 4.21. The molecule has 1 N–H and O–H groups in total. The van der Waals surface area contributed by atoms with E-state index >= 15 is 0 Å². The van der Waals surface area contributed by atoms with Crippen LogP contribution in [-0.4, -0.2) is 26.6 Å². The maximum Gasteiger partial charge on any atom is 0.295 e. The van der Waals surface area contributed by atoms with Crippen LogP contribution < -0.4 is 5.32 Å². The lowest BCUT2D eigenvalue weighted by atomic mass is 10.2. The van der Waals surface area contributed by atoms with Crippen molar-refractivity contribution in [3.05, 3.63) is 52.6 Å². The Hall–Kier alpha value is -2.55. The topological polar surface area (TPSA) is 98.0 Å². The number of anilines is 1. The van der Waals surface area contributed by atoms with E-state index in [9.17, 15) is 19.3 Å². The molecule has 0 bridgehead atoms. The SMILES string of the molecule is O=C(CSc1ncccn1)Nc1ccc(F)cc1[N+](=O)[O-]. The van der Waals surface area contributed by atoms with Gasteiger partial charge in [-0.15, -0.1) is 0 Å². The minimum absolute atomic E-state index is 0.0153. The molecule has 0 unspecified atom stereocenters. The third-order valence-corrected chi connectivity index (χ3v) is 3.18. The van der Waals surface area contributed by atoms with Crippen LogP contribution in [0.4, 0.5) is 15.8 Å². The van der Waals surface area contributed by atoms with Crippen LogP contribution in [0.2, 0.25) is 0 Å². The molecule has 1 aromatic heterocycles. The zero-order valence-electron chi connectivity index (χ0n) is 10.5. The van der Waals surface area contributed by atoms with Gasteiger partial charge in [-0.3, -0.25) is 14.9 Å². The molecular weight excluding hydrogens is 299 g/mol. The summed E-state index contributed by atoms with van der Waals surface area (Å²) in [6, 6.07) is 4.58. The van der Waals surface area contributed by atoms with Gasteiger partial charge in [-0.05, 0) is 18.2 Å². The lowest BCUT2D eigenvalue weighted by Gasteiger charge is -2.05. The zero-order chi connectivity index (χ0) is 15.2. The number of nitrogens with zero attached hydrogens (tertiary/aromatic N) is 3. The number of aromatic nitrogens is 2. The first-order valence-electron chi connectivity index (χ1n) is 5.70. The number of hydrogen-bond donors (Lipinski definition) is 1. The molecule has 9 heteroatoms. The van der Waals surface area contributed by atoms with E-state index in [1.54, 1.807) is 6.07 Å². The van der Waals surface area contributed by atoms with Gasteiger partial charge in [0.1, 0.15) is 11.5 Å². The van der Waals surface area contributed by atoms with Crippen molar-refractivity contribution in [2.24, 2.45) is 0 Å². The van der Waals surface area contributed by atoms with Crippen LogP contribution in [0.5, 0.6) is 0 Å². The number of amides is 1. The molecule has 2 aromatic rings. The van der Waals surface area contributed by atoms with E-state index in [1.807, 2.05) is 0 Å². The molecule has 108 valence electrons. The molecule has 1 aromatic carbocycles. The molecule has 0 aliphatic rings. The number of carbonyl (C=O) groups excluding carboxylic acids is 1. The number of thioether (sulfide) groups is 1. The molecule has 0 saturated heterocycles. The second-order valence-corrected chi connectivity index (χ2v) is 4.73. The van der Waals surface area contributed by atoms with Crippen molar-refractivity contribution in [3.8, 4) is 0 Å². The van der Waals surface area contributed by atoms with Crippen molar-refractivity contribution < 1.29 is 14.1 Å². The van der Waals surface area contributed by atoms with Crippen LogP contribution in [0.15, 0.2) is 41.8 Å². The van der Waals surface area contributed by atoms with Gasteiger partial charge in [0.15, 0.2) is 5.16 Å². The number of nitro groups is 1. The van der Waals surface area contributed by atoms with Crippen LogP contribution in [-0.2, 0) is 4.79 Å². The highest BCUT2D eigenvalue weighted by atomic mass is 32.2. The summed E-state index contributed by atoms with van der Waals surface area (Å²) in [5.74, 6) is -1.23. The van der Waals surface area contributed by atoms with Gasteiger partial charge in [-0.2, -0.15) is 0 Å². The molecule has 0 aliphatic heterocycles. The van der Waals surface area contributed by atoms with E-state index < -0.39 is 22.3 Å². The van der Waals surface area contributed by atoms with E-state index in [4.69, 9.17) is 0 Å². The summed E-state index contributed by atoms with van der Waals surface area (Å²) in [7, 11) is 0. The molecular formula is C12H9FN4O3S. The van der Waals surface area contributed by atoms with E-state index in [0.717, 1.165) is 30.0 Å². The van der Waals surface area contributed by atoms with E-state index in [-0.39, 0.29) is 11.4 Å². The van der Waals surface area contributed by atoms with Crippen LogP contribution in [0.1, 0.15) is 0 Å². The molecule has 0 saturated carbocycles. The fourth-order valence-corrected chi connectivity index (χ4v) is 2.04. The summed E-state index contributed by atoms with van der Waals surface area (Å²) >= 11 is 1.09. The first-order valence-corrected chi connectivity index (χ1v) is 6.68. The van der Waals surface area contributed by atoms with Crippen molar-refractivity contribution in [2.45, 2.75) is 5.16 Å². The van der Waals surface area contributed by atoms with Crippen molar-refractivity contribution in [1.29, 1.82) is 0 Å². The Balaban J connectivity index is 2.01. The highest BCUT2D eigenvalue weighted by molar-refractivity contribution is 7.99. The summed E-state index contributed by atoms with van der Waals surface area (Å²) in [6.07, 6.45) is 3.08. The Morgan fingerprint density at radius 1 is 1.38 bits per heavy atom. The highest BCUT2D eigenvalue weighted by Gasteiger charge is 2.17. The largest absolute Gasteiger partial charge is 0.320 e. The van der Waals surface area contributed by atoms with Crippen LogP contribution >= 0.6 is 11.8 Å². The van der Waals surface area contributed by atoms with Crippen LogP contribution in [0.3, 0.4) is 0 Å². The van der Waals surface area contributed by atoms with E-state index in [2.05, 4.69) is 15.3 Å². The second-order valence-electron chi connectivity index (χ2n) is 3.79. The van der Waals surface area contributed by atoms with Crippen LogP contribution in [0.25, 0.3) is 0 Å². The van der Waals surface area contributed by atoms with Gasteiger partial charge in [0.05, 0.1) is 16.7 Å². The molecule has 0 radical (unpaired) electrons. The van der Waals surface area contributed by atoms with E-state index in [1.165, 1.54) is 12.4 Å². The van der Waals surface area contributed by atoms with Crippen LogP contribution in [0, 0.1) is 15.9 Å². The first kappa shape index (κ1) is 14.9. The minimum atomic E-state index is -0.758.